The van der Waals surface area contributed by atoms with Crippen molar-refractivity contribution >= 4 is 12.2 Å². The molecule has 0 aliphatic rings. The highest BCUT2D eigenvalue weighted by molar-refractivity contribution is 5.67. The van der Waals surface area contributed by atoms with Crippen molar-refractivity contribution < 1.29 is 19.4 Å². The fourth-order valence-corrected chi connectivity index (χ4v) is 2.83. The zero-order valence-corrected chi connectivity index (χ0v) is 16.0. The molecule has 28 heavy (non-hydrogen) atoms. The van der Waals surface area contributed by atoms with Gasteiger partial charge in [0.2, 0.25) is 0 Å². The fourth-order valence-electron chi connectivity index (χ4n) is 2.83. The second kappa shape index (κ2) is 12.4. The summed E-state index contributed by atoms with van der Waals surface area (Å²) in [5, 5.41) is 10.9. The van der Waals surface area contributed by atoms with Gasteiger partial charge in [0.1, 0.15) is 6.61 Å². The van der Waals surface area contributed by atoms with Gasteiger partial charge in [0.25, 0.3) is 0 Å². The molecule has 6 heteroatoms. The Bertz CT molecular complexity index is 707. The number of rotatable bonds is 11. The molecular formula is C22H28N2O4. The summed E-state index contributed by atoms with van der Waals surface area (Å²) in [6, 6.07) is 19.5. The second-order valence-electron chi connectivity index (χ2n) is 6.59. The van der Waals surface area contributed by atoms with E-state index < -0.39 is 6.09 Å². The van der Waals surface area contributed by atoms with Crippen molar-refractivity contribution in [3.63, 3.8) is 0 Å². The van der Waals surface area contributed by atoms with E-state index in [1.165, 1.54) is 0 Å². The van der Waals surface area contributed by atoms with E-state index in [4.69, 9.17) is 9.84 Å². The van der Waals surface area contributed by atoms with E-state index in [1.54, 1.807) is 4.90 Å². The number of ether oxygens (including phenoxy) is 1. The van der Waals surface area contributed by atoms with E-state index in [0.29, 0.717) is 19.6 Å². The van der Waals surface area contributed by atoms with Crippen LogP contribution in [0.4, 0.5) is 9.59 Å². The lowest BCUT2D eigenvalue weighted by atomic mass is 10.1. The Hall–Kier alpha value is -3.02. The smallest absolute Gasteiger partial charge is 0.410 e. The molecule has 2 amide bonds. The Labute approximate surface area is 166 Å². The van der Waals surface area contributed by atoms with Crippen molar-refractivity contribution in [1.82, 2.24) is 10.2 Å². The zero-order valence-electron chi connectivity index (χ0n) is 16.0. The largest absolute Gasteiger partial charge is 0.465 e. The molecule has 0 aliphatic heterocycles. The molecule has 0 saturated carbocycles. The molecule has 2 aromatic rings. The van der Waals surface area contributed by atoms with Gasteiger partial charge < -0.3 is 20.1 Å². The Balaban J connectivity index is 1.80. The minimum atomic E-state index is -0.991. The lowest BCUT2D eigenvalue weighted by molar-refractivity contribution is 0.0929. The average Bonchev–Trinajstić information content (AvgIpc) is 2.71. The van der Waals surface area contributed by atoms with Crippen LogP contribution in [-0.2, 0) is 17.9 Å². The van der Waals surface area contributed by atoms with E-state index in [2.05, 4.69) is 5.32 Å². The summed E-state index contributed by atoms with van der Waals surface area (Å²) in [4.78, 5) is 24.7. The van der Waals surface area contributed by atoms with Gasteiger partial charge >= 0.3 is 12.2 Å². The molecule has 0 heterocycles. The molecule has 0 unspecified atom stereocenters. The lowest BCUT2D eigenvalue weighted by Crippen LogP contribution is -2.32. The zero-order chi connectivity index (χ0) is 20.0. The number of nitrogens with one attached hydrogen (secondary N) is 1. The Morgan fingerprint density at radius 1 is 0.857 bits per heavy atom. The maximum absolute atomic E-state index is 12.6. The number of benzene rings is 2. The normalized spacial score (nSPS) is 10.3. The summed E-state index contributed by atoms with van der Waals surface area (Å²) in [6.45, 7) is 1.83. The number of carbonyl (C=O) groups is 2. The first kappa shape index (κ1) is 21.3. The summed E-state index contributed by atoms with van der Waals surface area (Å²) in [5.74, 6) is 0. The molecule has 2 aromatic carbocycles. The van der Waals surface area contributed by atoms with Gasteiger partial charge in [-0.2, -0.15) is 0 Å². The third-order valence-electron chi connectivity index (χ3n) is 4.31. The van der Waals surface area contributed by atoms with Gasteiger partial charge in [-0.3, -0.25) is 0 Å². The van der Waals surface area contributed by atoms with Crippen molar-refractivity contribution in [2.75, 3.05) is 13.1 Å². The Morgan fingerprint density at radius 3 is 2.11 bits per heavy atom. The van der Waals surface area contributed by atoms with Gasteiger partial charge in [-0.05, 0) is 24.0 Å². The molecule has 0 bridgehead atoms. The van der Waals surface area contributed by atoms with E-state index in [9.17, 15) is 9.59 Å². The van der Waals surface area contributed by atoms with Gasteiger partial charge in [-0.15, -0.1) is 0 Å². The van der Waals surface area contributed by atoms with E-state index >= 15 is 0 Å². The fraction of sp³-hybridized carbons (Fsp3) is 0.364. The molecule has 0 atom stereocenters. The Morgan fingerprint density at radius 2 is 1.46 bits per heavy atom. The van der Waals surface area contributed by atoms with Crippen LogP contribution in [0.5, 0.6) is 0 Å². The van der Waals surface area contributed by atoms with Crippen LogP contribution in [0.3, 0.4) is 0 Å². The number of carboxylic acid groups (broad SMARTS) is 1. The summed E-state index contributed by atoms with van der Waals surface area (Å²) in [6.07, 6.45) is 2.18. The molecule has 0 spiro atoms. The number of unbranched alkanes of at least 4 members (excludes halogenated alkanes) is 3. The predicted molar refractivity (Wildman–Crippen MR) is 108 cm³/mol. The minimum absolute atomic E-state index is 0.256. The quantitative estimate of drug-likeness (QED) is 0.553. The highest BCUT2D eigenvalue weighted by Gasteiger charge is 2.15. The summed E-state index contributed by atoms with van der Waals surface area (Å²) in [7, 11) is 0. The van der Waals surface area contributed by atoms with Gasteiger partial charge in [0.05, 0.1) is 0 Å². The molecule has 6 nitrogen and oxygen atoms in total. The standard InChI is InChI=1S/C22H28N2O4/c25-21(26)23-15-9-1-2-10-16-24(17-19-11-5-3-6-12-19)22(27)28-18-20-13-7-4-8-14-20/h3-8,11-14,23H,1-2,9-10,15-18H2,(H,25,26). The molecule has 0 radical (unpaired) electrons. The summed E-state index contributed by atoms with van der Waals surface area (Å²) in [5.41, 5.74) is 2.02. The predicted octanol–water partition coefficient (Wildman–Crippen LogP) is 4.65. The number of nitrogens with zero attached hydrogens (tertiary/aromatic N) is 1. The number of hydrogen-bond donors (Lipinski definition) is 2. The first-order chi connectivity index (χ1) is 13.6. The Kier molecular flexibility index (Phi) is 9.41. The van der Waals surface area contributed by atoms with Crippen LogP contribution in [0.25, 0.3) is 0 Å². The number of hydrogen-bond acceptors (Lipinski definition) is 3. The van der Waals surface area contributed by atoms with Crippen LogP contribution >= 0.6 is 0 Å². The summed E-state index contributed by atoms with van der Waals surface area (Å²) >= 11 is 0. The van der Waals surface area contributed by atoms with E-state index in [-0.39, 0.29) is 12.7 Å². The van der Waals surface area contributed by atoms with Crippen molar-refractivity contribution in [3.8, 4) is 0 Å². The minimum Gasteiger partial charge on any atom is -0.465 e. The maximum atomic E-state index is 12.6. The van der Waals surface area contributed by atoms with Crippen LogP contribution in [0, 0.1) is 0 Å². The summed E-state index contributed by atoms with van der Waals surface area (Å²) < 4.78 is 5.50. The van der Waals surface area contributed by atoms with Crippen molar-refractivity contribution in [3.05, 3.63) is 71.8 Å². The second-order valence-corrected chi connectivity index (χ2v) is 6.59. The van der Waals surface area contributed by atoms with E-state index in [0.717, 1.165) is 36.8 Å². The third-order valence-corrected chi connectivity index (χ3v) is 4.31. The lowest BCUT2D eigenvalue weighted by Gasteiger charge is -2.22. The van der Waals surface area contributed by atoms with Gasteiger partial charge in [-0.25, -0.2) is 9.59 Å². The average molecular weight is 384 g/mol. The first-order valence-corrected chi connectivity index (χ1v) is 9.61. The first-order valence-electron chi connectivity index (χ1n) is 9.61. The molecule has 2 rings (SSSR count). The van der Waals surface area contributed by atoms with Crippen molar-refractivity contribution in [1.29, 1.82) is 0 Å². The van der Waals surface area contributed by atoms with Crippen LogP contribution < -0.4 is 5.32 Å². The molecular weight excluding hydrogens is 356 g/mol. The van der Waals surface area contributed by atoms with Gasteiger partial charge in [0.15, 0.2) is 0 Å². The van der Waals surface area contributed by atoms with Gasteiger partial charge in [-0.1, -0.05) is 73.5 Å². The van der Waals surface area contributed by atoms with Crippen LogP contribution in [0.2, 0.25) is 0 Å². The van der Waals surface area contributed by atoms with Crippen molar-refractivity contribution in [2.24, 2.45) is 0 Å². The van der Waals surface area contributed by atoms with Crippen LogP contribution in [0.15, 0.2) is 60.7 Å². The number of carbonyl (C=O) groups excluding carboxylic acids is 1. The van der Waals surface area contributed by atoms with E-state index in [1.807, 2.05) is 60.7 Å². The maximum Gasteiger partial charge on any atom is 0.410 e. The molecule has 0 aromatic heterocycles. The van der Waals surface area contributed by atoms with Crippen LogP contribution in [-0.4, -0.2) is 35.3 Å². The topological polar surface area (TPSA) is 78.9 Å². The number of amides is 2. The monoisotopic (exact) mass is 384 g/mol. The molecule has 150 valence electrons. The van der Waals surface area contributed by atoms with Gasteiger partial charge in [0, 0.05) is 19.6 Å². The highest BCUT2D eigenvalue weighted by Crippen LogP contribution is 2.11. The third kappa shape index (κ3) is 8.58. The highest BCUT2D eigenvalue weighted by atomic mass is 16.6. The SMILES string of the molecule is O=C(O)NCCCCCCN(Cc1ccccc1)C(=O)OCc1ccccc1. The molecule has 0 saturated heterocycles. The molecule has 2 N–H and O–H groups in total. The van der Waals surface area contributed by atoms with Crippen molar-refractivity contribution in [2.45, 2.75) is 38.8 Å². The molecule has 0 aliphatic carbocycles. The van der Waals surface area contributed by atoms with Crippen LogP contribution in [0.1, 0.15) is 36.8 Å². The molecule has 0 fully saturated rings.